The van der Waals surface area contributed by atoms with Gasteiger partial charge in [0, 0.05) is 13.0 Å². The maximum atomic E-state index is 12.8. The van der Waals surface area contributed by atoms with Gasteiger partial charge in [0.25, 0.3) is 0 Å². The van der Waals surface area contributed by atoms with Crippen LogP contribution in [-0.4, -0.2) is 89.6 Å². The molecule has 0 bridgehead atoms. The van der Waals surface area contributed by atoms with Crippen molar-refractivity contribution in [2.45, 2.75) is 211 Å². The van der Waals surface area contributed by atoms with Crippen LogP contribution in [0.1, 0.15) is 174 Å². The Morgan fingerprint density at radius 2 is 1.03 bits per heavy atom. The minimum Gasteiger partial charge on any atom is -0.457 e. The summed E-state index contributed by atoms with van der Waals surface area (Å²) in [5, 5.41) is 40.1. The zero-order chi connectivity index (χ0) is 42.9. The van der Waals surface area contributed by atoms with Crippen molar-refractivity contribution in [1.82, 2.24) is 0 Å². The Morgan fingerprint density at radius 1 is 0.559 bits per heavy atom. The van der Waals surface area contributed by atoms with E-state index >= 15 is 0 Å². The predicted molar refractivity (Wildman–Crippen MR) is 242 cm³/mol. The average molecular weight is 831 g/mol. The first-order valence-electron chi connectivity index (χ1n) is 23.5. The minimum atomic E-state index is -1.54. The SMILES string of the molecule is CC/C=C\C/C=C\C/C=C\C/C=C\C/C=C\C/C=C\CCCCCCC(=O)OC(COCCCCCCCCCCCCCCC)COC1OC(CO)C(O)C(O)C1O. The molecule has 59 heavy (non-hydrogen) atoms. The lowest BCUT2D eigenvalue weighted by atomic mass is 9.99. The van der Waals surface area contributed by atoms with Gasteiger partial charge in [0.1, 0.15) is 30.5 Å². The Hall–Kier alpha value is -2.37. The van der Waals surface area contributed by atoms with E-state index in [0.717, 1.165) is 83.5 Å². The maximum Gasteiger partial charge on any atom is 0.306 e. The summed E-state index contributed by atoms with van der Waals surface area (Å²) in [6.07, 6.45) is 46.4. The number of aliphatic hydroxyl groups excluding tert-OH is 4. The summed E-state index contributed by atoms with van der Waals surface area (Å²) in [4.78, 5) is 12.8. The standard InChI is InChI=1S/C50H86O9/c1-3-5-7-9-11-13-15-17-18-19-20-21-22-23-24-25-26-27-29-31-33-35-37-39-46(52)58-44(43-57-50-49(55)48(54)47(53)45(41-51)59-50)42-56-40-38-36-34-32-30-28-16-14-12-10-8-6-4-2/h5,7,11,13,17-18,20-21,23-24,26-27,44-45,47-51,53-55H,3-4,6,8-10,12,14-16,19,22,25,28-43H2,1-2H3/b7-5-,13-11-,18-17-,21-20-,24-23-,27-26-. The number of unbranched alkanes of at least 4 members (excludes halogenated alkanes) is 16. The number of rotatable bonds is 39. The maximum absolute atomic E-state index is 12.8. The van der Waals surface area contributed by atoms with Gasteiger partial charge in [0.2, 0.25) is 0 Å². The van der Waals surface area contributed by atoms with Gasteiger partial charge < -0.3 is 39.4 Å². The van der Waals surface area contributed by atoms with Crippen LogP contribution in [0.5, 0.6) is 0 Å². The number of carbonyl (C=O) groups excluding carboxylic acids is 1. The third-order valence-electron chi connectivity index (χ3n) is 10.4. The molecule has 1 fully saturated rings. The first-order chi connectivity index (χ1) is 28.9. The van der Waals surface area contributed by atoms with Crippen molar-refractivity contribution >= 4 is 5.97 Å². The zero-order valence-electron chi connectivity index (χ0n) is 37.2. The van der Waals surface area contributed by atoms with Crippen LogP contribution in [0.25, 0.3) is 0 Å². The molecule has 0 spiro atoms. The third-order valence-corrected chi connectivity index (χ3v) is 10.4. The van der Waals surface area contributed by atoms with Gasteiger partial charge in [-0.2, -0.15) is 0 Å². The molecule has 6 unspecified atom stereocenters. The Bertz CT molecular complexity index is 1130. The van der Waals surface area contributed by atoms with Crippen molar-refractivity contribution < 1.29 is 44.2 Å². The smallest absolute Gasteiger partial charge is 0.306 e. The number of aliphatic hydroxyl groups is 4. The molecule has 4 N–H and O–H groups in total. The molecule has 0 aromatic carbocycles. The topological polar surface area (TPSA) is 135 Å². The van der Waals surface area contributed by atoms with E-state index in [4.69, 9.17) is 18.9 Å². The van der Waals surface area contributed by atoms with Crippen LogP contribution in [0.2, 0.25) is 0 Å². The van der Waals surface area contributed by atoms with Gasteiger partial charge in [0.15, 0.2) is 6.29 Å². The van der Waals surface area contributed by atoms with Crippen molar-refractivity contribution in [2.75, 3.05) is 26.4 Å². The van der Waals surface area contributed by atoms with Gasteiger partial charge in [-0.15, -0.1) is 0 Å². The average Bonchev–Trinajstić information content (AvgIpc) is 3.24. The first kappa shape index (κ1) is 54.6. The number of allylic oxidation sites excluding steroid dienone is 12. The predicted octanol–water partition coefficient (Wildman–Crippen LogP) is 10.9. The fourth-order valence-corrected chi connectivity index (χ4v) is 6.73. The zero-order valence-corrected chi connectivity index (χ0v) is 37.2. The molecule has 0 aromatic rings. The van der Waals surface area contributed by atoms with Gasteiger partial charge in [-0.05, 0) is 64.2 Å². The summed E-state index contributed by atoms with van der Waals surface area (Å²) in [6, 6.07) is 0. The molecule has 0 radical (unpaired) electrons. The molecule has 1 rings (SSSR count). The molecule has 340 valence electrons. The molecular formula is C50H86O9. The van der Waals surface area contributed by atoms with Gasteiger partial charge in [0.05, 0.1) is 19.8 Å². The molecule has 1 heterocycles. The van der Waals surface area contributed by atoms with Gasteiger partial charge >= 0.3 is 5.97 Å². The van der Waals surface area contributed by atoms with Crippen molar-refractivity contribution in [3.05, 3.63) is 72.9 Å². The number of ether oxygens (including phenoxy) is 4. The number of hydrogen-bond donors (Lipinski definition) is 4. The van der Waals surface area contributed by atoms with Crippen LogP contribution >= 0.6 is 0 Å². The van der Waals surface area contributed by atoms with Crippen LogP contribution in [-0.2, 0) is 23.7 Å². The first-order valence-corrected chi connectivity index (χ1v) is 23.5. The molecule has 0 aliphatic carbocycles. The Kier molecular flexibility index (Phi) is 38.0. The highest BCUT2D eigenvalue weighted by Crippen LogP contribution is 2.22. The fourth-order valence-electron chi connectivity index (χ4n) is 6.73. The lowest BCUT2D eigenvalue weighted by Gasteiger charge is -2.39. The second-order valence-corrected chi connectivity index (χ2v) is 15.8. The van der Waals surface area contributed by atoms with E-state index in [9.17, 15) is 25.2 Å². The molecule has 1 aliphatic rings. The van der Waals surface area contributed by atoms with Crippen LogP contribution in [0.15, 0.2) is 72.9 Å². The highest BCUT2D eigenvalue weighted by molar-refractivity contribution is 5.69. The van der Waals surface area contributed by atoms with E-state index in [1.807, 2.05) is 0 Å². The van der Waals surface area contributed by atoms with Gasteiger partial charge in [-0.25, -0.2) is 0 Å². The molecule has 0 saturated carbocycles. The van der Waals surface area contributed by atoms with Gasteiger partial charge in [-0.3, -0.25) is 4.79 Å². The molecular weight excluding hydrogens is 745 g/mol. The summed E-state index contributed by atoms with van der Waals surface area (Å²) >= 11 is 0. The molecule has 6 atom stereocenters. The largest absolute Gasteiger partial charge is 0.457 e. The Labute approximate surface area is 359 Å². The van der Waals surface area contributed by atoms with Crippen molar-refractivity contribution in [2.24, 2.45) is 0 Å². The van der Waals surface area contributed by atoms with Crippen LogP contribution in [0, 0.1) is 0 Å². The lowest BCUT2D eigenvalue weighted by Crippen LogP contribution is -2.59. The fraction of sp³-hybridized carbons (Fsp3) is 0.740. The number of esters is 1. The Morgan fingerprint density at radius 3 is 1.56 bits per heavy atom. The van der Waals surface area contributed by atoms with Gasteiger partial charge in [-0.1, -0.05) is 177 Å². The highest BCUT2D eigenvalue weighted by Gasteiger charge is 2.44. The summed E-state index contributed by atoms with van der Waals surface area (Å²) < 4.78 is 22.8. The molecule has 0 aromatic heterocycles. The second kappa shape index (κ2) is 41.0. The van der Waals surface area contributed by atoms with E-state index < -0.39 is 43.4 Å². The van der Waals surface area contributed by atoms with E-state index in [1.165, 1.54) is 70.6 Å². The van der Waals surface area contributed by atoms with Crippen molar-refractivity contribution in [3.63, 3.8) is 0 Å². The van der Waals surface area contributed by atoms with E-state index in [1.54, 1.807) is 0 Å². The summed E-state index contributed by atoms with van der Waals surface area (Å²) in [5.41, 5.74) is 0. The molecule has 9 nitrogen and oxygen atoms in total. The second-order valence-electron chi connectivity index (χ2n) is 15.8. The van der Waals surface area contributed by atoms with Crippen molar-refractivity contribution in [3.8, 4) is 0 Å². The summed E-state index contributed by atoms with van der Waals surface area (Å²) in [5.74, 6) is -0.339. The molecule has 1 aliphatic heterocycles. The Balaban J connectivity index is 2.27. The quantitative estimate of drug-likeness (QED) is 0.0271. The lowest BCUT2D eigenvalue weighted by molar-refractivity contribution is -0.305. The van der Waals surface area contributed by atoms with Crippen LogP contribution < -0.4 is 0 Å². The third kappa shape index (κ3) is 32.1. The summed E-state index contributed by atoms with van der Waals surface area (Å²) in [6.45, 7) is 4.41. The van der Waals surface area contributed by atoms with Crippen LogP contribution in [0.3, 0.4) is 0 Å². The van der Waals surface area contributed by atoms with E-state index in [-0.39, 0.29) is 25.6 Å². The molecule has 1 saturated heterocycles. The normalized spacial score (nSPS) is 20.8. The minimum absolute atomic E-state index is 0.126. The molecule has 0 amide bonds. The summed E-state index contributed by atoms with van der Waals surface area (Å²) in [7, 11) is 0. The number of hydrogen-bond acceptors (Lipinski definition) is 9. The van der Waals surface area contributed by atoms with E-state index in [2.05, 4.69) is 86.8 Å². The van der Waals surface area contributed by atoms with Crippen molar-refractivity contribution in [1.29, 1.82) is 0 Å². The van der Waals surface area contributed by atoms with Crippen LogP contribution in [0.4, 0.5) is 0 Å². The van der Waals surface area contributed by atoms with E-state index in [0.29, 0.717) is 6.61 Å². The molecule has 9 heteroatoms. The number of carbonyl (C=O) groups is 1. The highest BCUT2D eigenvalue weighted by atomic mass is 16.7. The monoisotopic (exact) mass is 831 g/mol.